The number of hydrogen-bond donors (Lipinski definition) is 0. The molecule has 5 rings (SSSR count). The fourth-order valence-corrected chi connectivity index (χ4v) is 5.30. The van der Waals surface area contributed by atoms with Gasteiger partial charge in [0, 0.05) is 24.0 Å². The first kappa shape index (κ1) is 20.9. The topological polar surface area (TPSA) is 16.8 Å². The molecule has 1 aliphatic carbocycles. The summed E-state index contributed by atoms with van der Waals surface area (Å²) >= 11 is 0. The molecule has 4 aromatic rings. The molecule has 0 atom stereocenters. The maximum Gasteiger partial charge on any atom is 0.220 e. The summed E-state index contributed by atoms with van der Waals surface area (Å²) in [6.45, 7) is 7.04. The molecule has 2 heterocycles. The van der Waals surface area contributed by atoms with Crippen LogP contribution in [0.1, 0.15) is 56.6 Å². The highest BCUT2D eigenvalue weighted by molar-refractivity contribution is 5.94. The van der Waals surface area contributed by atoms with E-state index in [1.165, 1.54) is 64.4 Å². The van der Waals surface area contributed by atoms with Crippen molar-refractivity contribution in [3.63, 3.8) is 0 Å². The van der Waals surface area contributed by atoms with Gasteiger partial charge in [-0.2, -0.15) is 0 Å². The first-order valence-corrected chi connectivity index (χ1v) is 11.8. The van der Waals surface area contributed by atoms with Gasteiger partial charge in [0.25, 0.3) is 0 Å². The largest absolute Gasteiger partial charge is 0.264 e. The SMILES string of the molecule is Cc1ccc(-c2cccnc2)cc1-c1c2ccc(C3CCC(C)(C)CC3)cc2cc[n+]1C. The van der Waals surface area contributed by atoms with Crippen molar-refractivity contribution in [1.29, 1.82) is 0 Å². The Morgan fingerprint density at radius 3 is 2.50 bits per heavy atom. The van der Waals surface area contributed by atoms with Crippen LogP contribution in [0, 0.1) is 12.3 Å². The number of aryl methyl sites for hydroxylation is 2. The van der Waals surface area contributed by atoms with Crippen molar-refractivity contribution >= 4 is 10.8 Å². The Hall–Kier alpha value is -3.00. The molecule has 2 aromatic heterocycles. The van der Waals surface area contributed by atoms with Gasteiger partial charge in [-0.25, -0.2) is 4.57 Å². The van der Waals surface area contributed by atoms with Crippen molar-refractivity contribution in [3.05, 3.63) is 84.3 Å². The highest BCUT2D eigenvalue weighted by Crippen LogP contribution is 2.43. The highest BCUT2D eigenvalue weighted by Gasteiger charge is 2.28. The summed E-state index contributed by atoms with van der Waals surface area (Å²) in [5.41, 5.74) is 8.23. The summed E-state index contributed by atoms with van der Waals surface area (Å²) in [4.78, 5) is 4.31. The third-order valence-electron chi connectivity index (χ3n) is 7.46. The fourth-order valence-electron chi connectivity index (χ4n) is 5.30. The van der Waals surface area contributed by atoms with Gasteiger partial charge in [0.15, 0.2) is 6.20 Å². The van der Waals surface area contributed by atoms with Gasteiger partial charge in [-0.05, 0) is 84.2 Å². The number of pyridine rings is 2. The summed E-state index contributed by atoms with van der Waals surface area (Å²) in [6, 6.07) is 20.3. The van der Waals surface area contributed by atoms with Crippen molar-refractivity contribution < 1.29 is 4.57 Å². The van der Waals surface area contributed by atoms with E-state index in [0.717, 1.165) is 5.56 Å². The molecule has 0 bridgehead atoms. The second-order valence-electron chi connectivity index (χ2n) is 10.3. The third kappa shape index (κ3) is 3.95. The molecule has 0 spiro atoms. The van der Waals surface area contributed by atoms with Gasteiger partial charge in [0.05, 0.1) is 10.9 Å². The van der Waals surface area contributed by atoms with E-state index in [9.17, 15) is 0 Å². The van der Waals surface area contributed by atoms with Gasteiger partial charge >= 0.3 is 0 Å². The minimum atomic E-state index is 0.505. The van der Waals surface area contributed by atoms with Crippen LogP contribution in [-0.2, 0) is 7.05 Å². The second-order valence-corrected chi connectivity index (χ2v) is 10.3. The smallest absolute Gasteiger partial charge is 0.220 e. The van der Waals surface area contributed by atoms with E-state index in [2.05, 4.69) is 92.1 Å². The van der Waals surface area contributed by atoms with E-state index in [1.54, 1.807) is 0 Å². The summed E-state index contributed by atoms with van der Waals surface area (Å²) in [5, 5.41) is 2.66. The lowest BCUT2D eigenvalue weighted by molar-refractivity contribution is -0.659. The molecular weight excluding hydrogens is 388 g/mol. The normalized spacial score (nSPS) is 16.4. The molecule has 2 heteroatoms. The lowest BCUT2D eigenvalue weighted by Crippen LogP contribution is -2.30. The molecule has 1 aliphatic rings. The van der Waals surface area contributed by atoms with Crippen LogP contribution < -0.4 is 4.57 Å². The summed E-state index contributed by atoms with van der Waals surface area (Å²) < 4.78 is 2.26. The Labute approximate surface area is 192 Å². The Kier molecular flexibility index (Phi) is 5.33. The molecule has 0 radical (unpaired) electrons. The Balaban J connectivity index is 1.58. The Morgan fingerprint density at radius 2 is 1.75 bits per heavy atom. The van der Waals surface area contributed by atoms with Crippen LogP contribution >= 0.6 is 0 Å². The summed E-state index contributed by atoms with van der Waals surface area (Å²) in [7, 11) is 2.15. The minimum absolute atomic E-state index is 0.505. The number of benzene rings is 2. The Bertz CT molecular complexity index is 1260. The quantitative estimate of drug-likeness (QED) is 0.315. The highest BCUT2D eigenvalue weighted by atomic mass is 14.9. The van der Waals surface area contributed by atoms with Crippen molar-refractivity contribution in [2.75, 3.05) is 0 Å². The first-order valence-electron chi connectivity index (χ1n) is 11.8. The molecule has 0 unspecified atom stereocenters. The van der Waals surface area contributed by atoms with Gasteiger partial charge in [-0.15, -0.1) is 0 Å². The fraction of sp³-hybridized carbons (Fsp3) is 0.333. The van der Waals surface area contributed by atoms with Crippen molar-refractivity contribution in [1.82, 2.24) is 4.98 Å². The zero-order valence-electron chi connectivity index (χ0n) is 19.7. The van der Waals surface area contributed by atoms with Crippen LogP contribution in [0.5, 0.6) is 0 Å². The maximum atomic E-state index is 4.31. The van der Waals surface area contributed by atoms with Crippen molar-refractivity contribution in [3.8, 4) is 22.4 Å². The minimum Gasteiger partial charge on any atom is -0.264 e. The molecule has 1 saturated carbocycles. The van der Waals surface area contributed by atoms with Crippen molar-refractivity contribution in [2.24, 2.45) is 12.5 Å². The summed E-state index contributed by atoms with van der Waals surface area (Å²) in [6.07, 6.45) is 11.2. The van der Waals surface area contributed by atoms with Gasteiger partial charge in [-0.1, -0.05) is 44.2 Å². The van der Waals surface area contributed by atoms with E-state index in [0.29, 0.717) is 11.3 Å². The predicted octanol–water partition coefficient (Wildman–Crippen LogP) is 7.39. The Morgan fingerprint density at radius 1 is 0.938 bits per heavy atom. The number of hydrogen-bond acceptors (Lipinski definition) is 1. The van der Waals surface area contributed by atoms with Gasteiger partial charge in [0.1, 0.15) is 7.05 Å². The summed E-state index contributed by atoms with van der Waals surface area (Å²) in [5.74, 6) is 0.695. The van der Waals surface area contributed by atoms with E-state index in [4.69, 9.17) is 0 Å². The monoisotopic (exact) mass is 421 g/mol. The van der Waals surface area contributed by atoms with Gasteiger partial charge in [0.2, 0.25) is 5.69 Å². The first-order chi connectivity index (χ1) is 15.4. The molecule has 0 amide bonds. The van der Waals surface area contributed by atoms with Crippen LogP contribution in [-0.4, -0.2) is 4.98 Å². The van der Waals surface area contributed by atoms with E-state index in [-0.39, 0.29) is 0 Å². The zero-order chi connectivity index (χ0) is 22.3. The van der Waals surface area contributed by atoms with Crippen LogP contribution in [0.15, 0.2) is 73.2 Å². The predicted molar refractivity (Wildman–Crippen MR) is 134 cm³/mol. The lowest BCUT2D eigenvalue weighted by Gasteiger charge is -2.34. The number of aromatic nitrogens is 2. The number of rotatable bonds is 3. The second kappa shape index (κ2) is 8.16. The molecule has 2 aromatic carbocycles. The van der Waals surface area contributed by atoms with Gasteiger partial charge in [-0.3, -0.25) is 4.98 Å². The molecule has 2 nitrogen and oxygen atoms in total. The molecule has 1 fully saturated rings. The molecule has 32 heavy (non-hydrogen) atoms. The number of nitrogens with zero attached hydrogens (tertiary/aromatic N) is 2. The van der Waals surface area contributed by atoms with Gasteiger partial charge < -0.3 is 0 Å². The van der Waals surface area contributed by atoms with Crippen LogP contribution in [0.4, 0.5) is 0 Å². The van der Waals surface area contributed by atoms with Crippen LogP contribution in [0.25, 0.3) is 33.2 Å². The molecule has 0 aliphatic heterocycles. The zero-order valence-corrected chi connectivity index (χ0v) is 19.7. The average Bonchev–Trinajstić information content (AvgIpc) is 2.80. The molecule has 162 valence electrons. The van der Waals surface area contributed by atoms with Crippen LogP contribution in [0.2, 0.25) is 0 Å². The van der Waals surface area contributed by atoms with E-state index in [1.807, 2.05) is 18.5 Å². The molecule has 0 saturated heterocycles. The molecule has 0 N–H and O–H groups in total. The molecular formula is C30H33N2+. The van der Waals surface area contributed by atoms with Crippen LogP contribution in [0.3, 0.4) is 0 Å². The number of fused-ring (bicyclic) bond motifs is 1. The third-order valence-corrected chi connectivity index (χ3v) is 7.46. The van der Waals surface area contributed by atoms with Crippen molar-refractivity contribution in [2.45, 2.75) is 52.4 Å². The van der Waals surface area contributed by atoms with E-state index >= 15 is 0 Å². The standard InChI is InChI=1S/C30H33N2/c1-21-7-8-24(26-6-5-16-31-20-26)19-28(21)29-27-10-9-23(18-25(27)13-17-32(29)4)22-11-14-30(2,3)15-12-22/h5-10,13,16-20,22H,11-12,14-15H2,1-4H3/q+1. The maximum absolute atomic E-state index is 4.31. The lowest BCUT2D eigenvalue weighted by atomic mass is 9.71. The van der Waals surface area contributed by atoms with E-state index < -0.39 is 0 Å². The average molecular weight is 422 g/mol.